The van der Waals surface area contributed by atoms with E-state index in [2.05, 4.69) is 6.08 Å². The lowest BCUT2D eigenvalue weighted by molar-refractivity contribution is 0.566. The molecule has 0 bridgehead atoms. The lowest BCUT2D eigenvalue weighted by Gasteiger charge is -2.02. The van der Waals surface area contributed by atoms with Crippen molar-refractivity contribution in [1.82, 2.24) is 0 Å². The molecular weight excluding hydrogens is 144 g/mol. The summed E-state index contributed by atoms with van der Waals surface area (Å²) in [5.41, 5.74) is 0. The molecule has 1 aliphatic rings. The fourth-order valence-electron chi connectivity index (χ4n) is 1.74. The summed E-state index contributed by atoms with van der Waals surface area (Å²) in [7, 11) is 0. The minimum atomic E-state index is 0.876. The predicted molar refractivity (Wildman–Crippen MR) is 55.3 cm³/mol. The van der Waals surface area contributed by atoms with Crippen LogP contribution in [-0.4, -0.2) is 0 Å². The summed E-state index contributed by atoms with van der Waals surface area (Å²) >= 11 is 0. The average molecular weight is 167 g/mol. The minimum Gasteiger partial charge on any atom is -0.0885 e. The molecule has 0 nitrogen and oxygen atoms in total. The Kier molecular flexibility index (Phi) is 5.14. The van der Waals surface area contributed by atoms with E-state index in [1.165, 1.54) is 51.4 Å². The highest BCUT2D eigenvalue weighted by Crippen LogP contribution is 2.12. The third-order valence-corrected chi connectivity index (χ3v) is 2.56. The van der Waals surface area contributed by atoms with E-state index in [0.717, 1.165) is 18.9 Å². The molecule has 1 aliphatic carbocycles. The van der Waals surface area contributed by atoms with Crippen molar-refractivity contribution in [2.75, 3.05) is 0 Å². The van der Waals surface area contributed by atoms with Gasteiger partial charge >= 0.3 is 0 Å². The molecule has 0 aromatic carbocycles. The normalized spacial score (nSPS) is 29.0. The third kappa shape index (κ3) is 5.40. The van der Waals surface area contributed by atoms with Crippen LogP contribution in [-0.2, 0) is 0 Å². The summed E-state index contributed by atoms with van der Waals surface area (Å²) in [4.78, 5) is 0. The van der Waals surface area contributed by atoms with Gasteiger partial charge in [0.05, 0.1) is 1.37 Å². The minimum absolute atomic E-state index is 0.876. The van der Waals surface area contributed by atoms with Gasteiger partial charge in [0.2, 0.25) is 0 Å². The smallest absolute Gasteiger partial charge is 0.0572 e. The van der Waals surface area contributed by atoms with Gasteiger partial charge in [0.1, 0.15) is 0 Å². The summed E-state index contributed by atoms with van der Waals surface area (Å²) < 4.78 is 7.67. The van der Waals surface area contributed by atoms with Crippen LogP contribution in [0.15, 0.2) is 12.1 Å². The van der Waals surface area contributed by atoms with Crippen LogP contribution in [0.1, 0.15) is 65.6 Å². The second kappa shape index (κ2) is 7.39. The Morgan fingerprint density at radius 1 is 0.667 bits per heavy atom. The molecule has 0 aromatic heterocycles. The Balaban J connectivity index is 2.23. The predicted octanol–water partition coefficient (Wildman–Crippen LogP) is 4.46. The second-order valence-corrected chi connectivity index (χ2v) is 3.78. The van der Waals surface area contributed by atoms with Crippen molar-refractivity contribution in [1.29, 1.82) is 0 Å². The first-order valence-electron chi connectivity index (χ1n) is 6.05. The molecule has 0 fully saturated rings. The Labute approximate surface area is 78.5 Å². The molecule has 0 saturated carbocycles. The molecule has 12 heavy (non-hydrogen) atoms. The molecule has 0 saturated heterocycles. The highest BCUT2D eigenvalue weighted by Gasteiger charge is 1.92. The first kappa shape index (κ1) is 8.34. The molecule has 0 unspecified atom stereocenters. The fourth-order valence-corrected chi connectivity index (χ4v) is 1.74. The Morgan fingerprint density at radius 2 is 1.17 bits per heavy atom. The molecule has 70 valence electrons. The highest BCUT2D eigenvalue weighted by atomic mass is 14.0. The molecule has 0 radical (unpaired) electrons. The molecule has 0 atom stereocenters. The van der Waals surface area contributed by atoms with E-state index in [9.17, 15) is 0 Å². The standard InChI is InChI=1S/C12H22/c1-2-4-6-8-10-12-11-9-7-5-3-1/h1-2H,3-12H2/b2-1+/i1D. The van der Waals surface area contributed by atoms with Gasteiger partial charge in [0, 0.05) is 0 Å². The van der Waals surface area contributed by atoms with Crippen molar-refractivity contribution in [3.63, 3.8) is 0 Å². The largest absolute Gasteiger partial charge is 0.0885 e. The molecule has 0 heteroatoms. The van der Waals surface area contributed by atoms with E-state index in [1.54, 1.807) is 0 Å². The number of hydrogen-bond donors (Lipinski definition) is 0. The van der Waals surface area contributed by atoms with Crippen molar-refractivity contribution in [2.45, 2.75) is 64.2 Å². The maximum Gasteiger partial charge on any atom is 0.0572 e. The van der Waals surface area contributed by atoms with Crippen molar-refractivity contribution >= 4 is 0 Å². The fraction of sp³-hybridized carbons (Fsp3) is 0.833. The zero-order valence-electron chi connectivity index (χ0n) is 9.15. The molecule has 0 aromatic rings. The highest BCUT2D eigenvalue weighted by molar-refractivity contribution is 4.81. The van der Waals surface area contributed by atoms with Crippen LogP contribution in [0.25, 0.3) is 0 Å². The molecular formula is C12H22. The third-order valence-electron chi connectivity index (χ3n) is 2.56. The van der Waals surface area contributed by atoms with Gasteiger partial charge in [-0.25, -0.2) is 0 Å². The van der Waals surface area contributed by atoms with Crippen LogP contribution in [0.3, 0.4) is 0 Å². The van der Waals surface area contributed by atoms with Gasteiger partial charge in [-0.1, -0.05) is 50.7 Å². The van der Waals surface area contributed by atoms with Crippen LogP contribution >= 0.6 is 0 Å². The SMILES string of the molecule is [2H]/C1=C\CCCCCCCCCC1. The van der Waals surface area contributed by atoms with Crippen molar-refractivity contribution in [2.24, 2.45) is 0 Å². The molecule has 0 amide bonds. The number of allylic oxidation sites excluding steroid dienone is 2. The molecule has 0 N–H and O–H groups in total. The van der Waals surface area contributed by atoms with E-state index in [0.29, 0.717) is 0 Å². The zero-order valence-corrected chi connectivity index (χ0v) is 8.15. The zero-order chi connectivity index (χ0) is 9.36. The van der Waals surface area contributed by atoms with Gasteiger partial charge in [-0.2, -0.15) is 0 Å². The van der Waals surface area contributed by atoms with E-state index >= 15 is 0 Å². The van der Waals surface area contributed by atoms with Crippen LogP contribution in [0, 0.1) is 0 Å². The maximum atomic E-state index is 7.67. The van der Waals surface area contributed by atoms with Crippen molar-refractivity contribution < 1.29 is 1.37 Å². The lowest BCUT2D eigenvalue weighted by atomic mass is 10.0. The Bertz CT molecular complexity index is 149. The van der Waals surface area contributed by atoms with Gasteiger partial charge in [-0.15, -0.1) is 0 Å². The van der Waals surface area contributed by atoms with Crippen LogP contribution < -0.4 is 0 Å². The molecule has 0 heterocycles. The van der Waals surface area contributed by atoms with E-state index < -0.39 is 0 Å². The monoisotopic (exact) mass is 167 g/mol. The molecule has 1 rings (SSSR count). The Morgan fingerprint density at radius 3 is 1.83 bits per heavy atom. The summed E-state index contributed by atoms with van der Waals surface area (Å²) in [5, 5.41) is 0. The van der Waals surface area contributed by atoms with Gasteiger partial charge in [0.15, 0.2) is 0 Å². The second-order valence-electron chi connectivity index (χ2n) is 3.78. The number of hydrogen-bond acceptors (Lipinski definition) is 0. The molecule has 0 spiro atoms. The number of rotatable bonds is 0. The van der Waals surface area contributed by atoms with Crippen LogP contribution in [0.2, 0.25) is 0 Å². The van der Waals surface area contributed by atoms with Gasteiger partial charge in [0.25, 0.3) is 0 Å². The lowest BCUT2D eigenvalue weighted by Crippen LogP contribution is -1.82. The van der Waals surface area contributed by atoms with Crippen LogP contribution in [0.4, 0.5) is 0 Å². The summed E-state index contributed by atoms with van der Waals surface area (Å²) in [6.45, 7) is 0. The van der Waals surface area contributed by atoms with E-state index in [-0.39, 0.29) is 0 Å². The maximum absolute atomic E-state index is 7.67. The Hall–Kier alpha value is -0.260. The van der Waals surface area contributed by atoms with Gasteiger partial charge in [-0.05, 0) is 25.7 Å². The van der Waals surface area contributed by atoms with Crippen molar-refractivity contribution in [3.8, 4) is 0 Å². The van der Waals surface area contributed by atoms with Crippen LogP contribution in [0.5, 0.6) is 0 Å². The summed E-state index contributed by atoms with van der Waals surface area (Å²) in [6.07, 6.45) is 15.1. The summed E-state index contributed by atoms with van der Waals surface area (Å²) in [6, 6.07) is 0.876. The summed E-state index contributed by atoms with van der Waals surface area (Å²) in [5.74, 6) is 0. The quantitative estimate of drug-likeness (QED) is 0.467. The molecule has 0 aliphatic heterocycles. The van der Waals surface area contributed by atoms with E-state index in [4.69, 9.17) is 1.37 Å². The topological polar surface area (TPSA) is 0 Å². The van der Waals surface area contributed by atoms with Gasteiger partial charge in [-0.3, -0.25) is 0 Å². The average Bonchev–Trinajstić information content (AvgIpc) is 2.11. The first-order valence-corrected chi connectivity index (χ1v) is 5.55. The van der Waals surface area contributed by atoms with Crippen molar-refractivity contribution in [3.05, 3.63) is 12.1 Å². The van der Waals surface area contributed by atoms with E-state index in [1.807, 2.05) is 0 Å². The first-order chi connectivity index (χ1) is 6.39. The van der Waals surface area contributed by atoms with Gasteiger partial charge < -0.3 is 0 Å².